The second-order valence-corrected chi connectivity index (χ2v) is 6.31. The molecule has 1 rings (SSSR count). The van der Waals surface area contributed by atoms with Gasteiger partial charge in [0.15, 0.2) is 0 Å². The van der Waals surface area contributed by atoms with Crippen LogP contribution in [0, 0.1) is 11.3 Å². The van der Waals surface area contributed by atoms with Crippen LogP contribution in [0.15, 0.2) is 0 Å². The Morgan fingerprint density at radius 2 is 2.06 bits per heavy atom. The van der Waals surface area contributed by atoms with E-state index in [0.29, 0.717) is 11.5 Å². The Bertz CT molecular complexity index is 201. The maximum absolute atomic E-state index is 5.98. The number of hydrogen-bond donors (Lipinski definition) is 1. The van der Waals surface area contributed by atoms with Gasteiger partial charge in [-0.05, 0) is 37.1 Å². The Balaban J connectivity index is 2.58. The molecule has 0 aromatic carbocycles. The van der Waals surface area contributed by atoms with E-state index in [1.807, 2.05) is 0 Å². The van der Waals surface area contributed by atoms with Crippen molar-refractivity contribution in [1.82, 2.24) is 4.90 Å². The summed E-state index contributed by atoms with van der Waals surface area (Å²) in [7, 11) is 0. The molecule has 1 aliphatic heterocycles. The van der Waals surface area contributed by atoms with Crippen molar-refractivity contribution in [2.45, 2.75) is 59.4 Å². The van der Waals surface area contributed by atoms with Crippen LogP contribution in [0.25, 0.3) is 0 Å². The fourth-order valence-electron chi connectivity index (χ4n) is 3.14. The molecule has 0 saturated carbocycles. The average Bonchev–Trinajstić information content (AvgIpc) is 2.17. The second-order valence-electron chi connectivity index (χ2n) is 6.31. The fourth-order valence-corrected chi connectivity index (χ4v) is 3.14. The van der Waals surface area contributed by atoms with E-state index in [1.54, 1.807) is 0 Å². The maximum Gasteiger partial charge on any atom is 0.0244 e. The maximum atomic E-state index is 5.98. The number of piperidine rings is 1. The third-order valence-electron chi connectivity index (χ3n) is 4.04. The Kier molecular flexibility index (Phi) is 5.26. The molecule has 2 atom stereocenters. The zero-order chi connectivity index (χ0) is 12.2. The van der Waals surface area contributed by atoms with E-state index in [0.717, 1.165) is 12.5 Å². The molecule has 0 aromatic rings. The minimum atomic E-state index is 0.484. The molecule has 0 radical (unpaired) electrons. The molecule has 96 valence electrons. The van der Waals surface area contributed by atoms with Gasteiger partial charge in [0.1, 0.15) is 0 Å². The molecule has 0 aromatic heterocycles. The molecule has 0 bridgehead atoms. The summed E-state index contributed by atoms with van der Waals surface area (Å²) < 4.78 is 0. The first kappa shape index (κ1) is 14.0. The van der Waals surface area contributed by atoms with Crippen molar-refractivity contribution in [2.24, 2.45) is 17.1 Å². The van der Waals surface area contributed by atoms with Gasteiger partial charge in [0, 0.05) is 19.1 Å². The van der Waals surface area contributed by atoms with E-state index in [-0.39, 0.29) is 0 Å². The molecule has 2 N–H and O–H groups in total. The molecule has 0 amide bonds. The average molecular weight is 226 g/mol. The van der Waals surface area contributed by atoms with Gasteiger partial charge < -0.3 is 5.73 Å². The van der Waals surface area contributed by atoms with Crippen LogP contribution in [-0.2, 0) is 0 Å². The molecule has 2 heteroatoms. The number of likely N-dealkylation sites (tertiary alicyclic amines) is 1. The van der Waals surface area contributed by atoms with Crippen LogP contribution in [0.2, 0.25) is 0 Å². The van der Waals surface area contributed by atoms with E-state index < -0.39 is 0 Å². The van der Waals surface area contributed by atoms with Crippen molar-refractivity contribution in [3.8, 4) is 0 Å². The van der Waals surface area contributed by atoms with Crippen LogP contribution in [0.4, 0.5) is 0 Å². The zero-order valence-electron chi connectivity index (χ0n) is 11.6. The van der Waals surface area contributed by atoms with Crippen molar-refractivity contribution in [1.29, 1.82) is 0 Å². The quantitative estimate of drug-likeness (QED) is 0.781. The van der Waals surface area contributed by atoms with Crippen LogP contribution < -0.4 is 5.73 Å². The topological polar surface area (TPSA) is 29.3 Å². The lowest BCUT2D eigenvalue weighted by molar-refractivity contribution is 0.0567. The molecule has 0 aliphatic carbocycles. The number of hydrogen-bond acceptors (Lipinski definition) is 2. The lowest BCUT2D eigenvalue weighted by Gasteiger charge is -2.44. The van der Waals surface area contributed by atoms with Gasteiger partial charge in [-0.25, -0.2) is 0 Å². The first-order chi connectivity index (χ1) is 7.50. The summed E-state index contributed by atoms with van der Waals surface area (Å²) in [5, 5.41) is 0. The van der Waals surface area contributed by atoms with E-state index in [1.165, 1.54) is 38.8 Å². The predicted octanol–water partition coefficient (Wildman–Crippen LogP) is 2.87. The van der Waals surface area contributed by atoms with Gasteiger partial charge in [-0.15, -0.1) is 0 Å². The Hall–Kier alpha value is -0.0800. The van der Waals surface area contributed by atoms with E-state index in [2.05, 4.69) is 32.6 Å². The molecule has 1 heterocycles. The van der Waals surface area contributed by atoms with Crippen molar-refractivity contribution in [3.63, 3.8) is 0 Å². The molecule has 1 fully saturated rings. The first-order valence-corrected chi connectivity index (χ1v) is 6.94. The van der Waals surface area contributed by atoms with Gasteiger partial charge in [-0.2, -0.15) is 0 Å². The van der Waals surface area contributed by atoms with Crippen molar-refractivity contribution in [3.05, 3.63) is 0 Å². The van der Waals surface area contributed by atoms with Crippen LogP contribution in [-0.4, -0.2) is 30.6 Å². The molecule has 0 spiro atoms. The Labute approximate surface area is 102 Å². The van der Waals surface area contributed by atoms with E-state index in [9.17, 15) is 0 Å². The fraction of sp³-hybridized carbons (Fsp3) is 1.00. The Morgan fingerprint density at radius 1 is 1.38 bits per heavy atom. The van der Waals surface area contributed by atoms with Gasteiger partial charge in [0.05, 0.1) is 0 Å². The van der Waals surface area contributed by atoms with Crippen molar-refractivity contribution in [2.75, 3.05) is 19.6 Å². The monoisotopic (exact) mass is 226 g/mol. The first-order valence-electron chi connectivity index (χ1n) is 6.94. The molecule has 2 unspecified atom stereocenters. The van der Waals surface area contributed by atoms with Crippen molar-refractivity contribution < 1.29 is 0 Å². The van der Waals surface area contributed by atoms with Gasteiger partial charge in [0.25, 0.3) is 0 Å². The highest BCUT2D eigenvalue weighted by atomic mass is 15.2. The largest absolute Gasteiger partial charge is 0.329 e. The highest BCUT2D eigenvalue weighted by molar-refractivity contribution is 4.86. The molecule has 1 saturated heterocycles. The van der Waals surface area contributed by atoms with E-state index in [4.69, 9.17) is 5.73 Å². The summed E-state index contributed by atoms with van der Waals surface area (Å²) in [6, 6.07) is 0.597. The summed E-state index contributed by atoms with van der Waals surface area (Å²) in [6.45, 7) is 12.7. The van der Waals surface area contributed by atoms with Gasteiger partial charge in [-0.3, -0.25) is 4.90 Å². The van der Waals surface area contributed by atoms with Crippen molar-refractivity contribution >= 4 is 0 Å². The summed E-state index contributed by atoms with van der Waals surface area (Å²) in [4.78, 5) is 2.64. The summed E-state index contributed by atoms with van der Waals surface area (Å²) in [5.41, 5.74) is 6.47. The highest BCUT2D eigenvalue weighted by Gasteiger charge is 2.31. The molecular weight excluding hydrogens is 196 g/mol. The second kappa shape index (κ2) is 6.02. The molecule has 2 nitrogen and oxygen atoms in total. The third kappa shape index (κ3) is 3.74. The van der Waals surface area contributed by atoms with Gasteiger partial charge >= 0.3 is 0 Å². The zero-order valence-corrected chi connectivity index (χ0v) is 11.6. The van der Waals surface area contributed by atoms with Gasteiger partial charge in [-0.1, -0.05) is 34.1 Å². The van der Waals surface area contributed by atoms with E-state index >= 15 is 0 Å². The summed E-state index contributed by atoms with van der Waals surface area (Å²) >= 11 is 0. The minimum Gasteiger partial charge on any atom is -0.329 e. The van der Waals surface area contributed by atoms with Crippen LogP contribution in [0.3, 0.4) is 0 Å². The SMILES string of the molecule is CCCC(C)C(CN)N1CCCC(C)(C)C1. The van der Waals surface area contributed by atoms with Gasteiger partial charge in [0.2, 0.25) is 0 Å². The smallest absolute Gasteiger partial charge is 0.0244 e. The number of rotatable bonds is 5. The van der Waals surface area contributed by atoms with Crippen LogP contribution >= 0.6 is 0 Å². The lowest BCUT2D eigenvalue weighted by atomic mass is 9.82. The number of nitrogens with two attached hydrogens (primary N) is 1. The molecule has 16 heavy (non-hydrogen) atoms. The summed E-state index contributed by atoms with van der Waals surface area (Å²) in [5.74, 6) is 0.740. The minimum absolute atomic E-state index is 0.484. The number of nitrogens with zero attached hydrogens (tertiary/aromatic N) is 1. The molecule has 1 aliphatic rings. The lowest BCUT2D eigenvalue weighted by Crippen LogP contribution is -2.51. The predicted molar refractivity (Wildman–Crippen MR) is 71.5 cm³/mol. The normalized spacial score (nSPS) is 25.3. The Morgan fingerprint density at radius 3 is 2.56 bits per heavy atom. The van der Waals surface area contributed by atoms with Crippen LogP contribution in [0.5, 0.6) is 0 Å². The highest BCUT2D eigenvalue weighted by Crippen LogP contribution is 2.31. The third-order valence-corrected chi connectivity index (χ3v) is 4.04. The standard InChI is InChI=1S/C14H30N2/c1-5-7-12(2)13(10-15)16-9-6-8-14(3,4)11-16/h12-13H,5-11,15H2,1-4H3. The summed E-state index contributed by atoms with van der Waals surface area (Å²) in [6.07, 6.45) is 5.28. The molecular formula is C14H30N2. The van der Waals surface area contributed by atoms with Crippen LogP contribution in [0.1, 0.15) is 53.4 Å².